The summed E-state index contributed by atoms with van der Waals surface area (Å²) < 4.78 is 6.47. The van der Waals surface area contributed by atoms with Gasteiger partial charge >= 0.3 is 5.97 Å². The summed E-state index contributed by atoms with van der Waals surface area (Å²) in [5.74, 6) is -0.407. The Bertz CT molecular complexity index is 561. The van der Waals surface area contributed by atoms with Gasteiger partial charge in [0.15, 0.2) is 0 Å². The first kappa shape index (κ1) is 11.2. The molecule has 0 spiro atoms. The fourth-order valence-electron chi connectivity index (χ4n) is 1.58. The number of carbonyl (C=O) groups excluding carboxylic acids is 1. The molecule has 1 heterocycles. The van der Waals surface area contributed by atoms with Crippen molar-refractivity contribution < 1.29 is 9.53 Å². The molecule has 0 atom stereocenters. The highest BCUT2D eigenvalue weighted by Crippen LogP contribution is 2.17. The average molecular weight is 231 g/mol. The Kier molecular flexibility index (Phi) is 2.82. The van der Waals surface area contributed by atoms with Crippen molar-refractivity contribution in [2.75, 3.05) is 12.8 Å². The van der Waals surface area contributed by atoms with Gasteiger partial charge in [0.2, 0.25) is 0 Å². The Hall–Kier alpha value is -2.30. The minimum Gasteiger partial charge on any atom is -0.465 e. The third-order valence-electron chi connectivity index (χ3n) is 2.37. The van der Waals surface area contributed by atoms with E-state index in [0.29, 0.717) is 11.3 Å². The topological polar surface area (TPSA) is 70.1 Å². The number of carbonyl (C=O) groups is 1. The van der Waals surface area contributed by atoms with E-state index in [4.69, 9.17) is 5.73 Å². The summed E-state index contributed by atoms with van der Waals surface area (Å²) in [7, 11) is 1.34. The molecule has 1 aromatic heterocycles. The molecular weight excluding hydrogens is 218 g/mol. The van der Waals surface area contributed by atoms with E-state index in [1.165, 1.54) is 7.11 Å². The lowest BCUT2D eigenvalue weighted by Gasteiger charge is -2.06. The van der Waals surface area contributed by atoms with Crippen molar-refractivity contribution in [3.8, 4) is 5.69 Å². The van der Waals surface area contributed by atoms with Crippen molar-refractivity contribution in [2.45, 2.75) is 6.92 Å². The van der Waals surface area contributed by atoms with Gasteiger partial charge in [-0.25, -0.2) is 9.78 Å². The molecule has 0 bridgehead atoms. The Morgan fingerprint density at radius 1 is 1.41 bits per heavy atom. The van der Waals surface area contributed by atoms with Gasteiger partial charge in [-0.2, -0.15) is 0 Å². The second kappa shape index (κ2) is 4.29. The zero-order chi connectivity index (χ0) is 12.4. The highest BCUT2D eigenvalue weighted by atomic mass is 16.5. The molecule has 88 valence electrons. The Morgan fingerprint density at radius 3 is 2.76 bits per heavy atom. The predicted octanol–water partition coefficient (Wildman–Crippen LogP) is 1.55. The SMILES string of the molecule is COC(=O)c1cc(N)cc(-n2cnc(C)c2)c1. The number of esters is 1. The third kappa shape index (κ3) is 2.28. The first-order valence-corrected chi connectivity index (χ1v) is 5.10. The number of benzene rings is 1. The molecule has 0 amide bonds. The highest BCUT2D eigenvalue weighted by Gasteiger charge is 2.08. The summed E-state index contributed by atoms with van der Waals surface area (Å²) in [6, 6.07) is 5.07. The minimum absolute atomic E-state index is 0.407. The summed E-state index contributed by atoms with van der Waals surface area (Å²) in [5, 5.41) is 0. The van der Waals surface area contributed by atoms with E-state index < -0.39 is 5.97 Å². The molecule has 0 saturated heterocycles. The summed E-state index contributed by atoms with van der Waals surface area (Å²) >= 11 is 0. The van der Waals surface area contributed by atoms with Gasteiger partial charge in [-0.15, -0.1) is 0 Å². The van der Waals surface area contributed by atoms with Crippen molar-refractivity contribution in [3.63, 3.8) is 0 Å². The summed E-state index contributed by atoms with van der Waals surface area (Å²) in [5.41, 5.74) is 8.37. The number of hydrogen-bond acceptors (Lipinski definition) is 4. The molecule has 0 aliphatic heterocycles. The number of rotatable bonds is 2. The molecule has 5 nitrogen and oxygen atoms in total. The van der Waals surface area contributed by atoms with Crippen molar-refractivity contribution in [1.82, 2.24) is 9.55 Å². The number of aromatic nitrogens is 2. The largest absolute Gasteiger partial charge is 0.465 e. The minimum atomic E-state index is -0.407. The summed E-state index contributed by atoms with van der Waals surface area (Å²) in [6.07, 6.45) is 3.53. The Labute approximate surface area is 98.8 Å². The summed E-state index contributed by atoms with van der Waals surface area (Å²) in [4.78, 5) is 15.6. The van der Waals surface area contributed by atoms with Gasteiger partial charge in [-0.05, 0) is 25.1 Å². The van der Waals surface area contributed by atoms with Crippen LogP contribution in [-0.2, 0) is 4.74 Å². The molecule has 0 aliphatic rings. The lowest BCUT2D eigenvalue weighted by molar-refractivity contribution is 0.0601. The van der Waals surface area contributed by atoms with Gasteiger partial charge in [0, 0.05) is 17.6 Å². The number of hydrogen-bond donors (Lipinski definition) is 1. The van der Waals surface area contributed by atoms with E-state index >= 15 is 0 Å². The first-order chi connectivity index (χ1) is 8.10. The normalized spacial score (nSPS) is 10.2. The molecule has 17 heavy (non-hydrogen) atoms. The van der Waals surface area contributed by atoms with Crippen LogP contribution >= 0.6 is 0 Å². The van der Waals surface area contributed by atoms with Crippen LogP contribution in [0.3, 0.4) is 0 Å². The molecule has 0 radical (unpaired) electrons. The molecule has 2 rings (SSSR count). The molecule has 0 aliphatic carbocycles. The maximum absolute atomic E-state index is 11.5. The fraction of sp³-hybridized carbons (Fsp3) is 0.167. The van der Waals surface area contributed by atoms with E-state index in [0.717, 1.165) is 11.4 Å². The van der Waals surface area contributed by atoms with Crippen molar-refractivity contribution >= 4 is 11.7 Å². The van der Waals surface area contributed by atoms with Crippen LogP contribution in [0.1, 0.15) is 16.1 Å². The fourth-order valence-corrected chi connectivity index (χ4v) is 1.58. The number of nitrogens with zero attached hydrogens (tertiary/aromatic N) is 2. The first-order valence-electron chi connectivity index (χ1n) is 5.10. The molecule has 0 saturated carbocycles. The maximum Gasteiger partial charge on any atom is 0.337 e. The third-order valence-corrected chi connectivity index (χ3v) is 2.37. The van der Waals surface area contributed by atoms with Gasteiger partial charge in [-0.1, -0.05) is 0 Å². The number of anilines is 1. The number of nitrogen functional groups attached to an aromatic ring is 1. The smallest absolute Gasteiger partial charge is 0.337 e. The van der Waals surface area contributed by atoms with Crippen LogP contribution in [0.25, 0.3) is 5.69 Å². The van der Waals surface area contributed by atoms with Crippen LogP contribution < -0.4 is 5.73 Å². The average Bonchev–Trinajstić information content (AvgIpc) is 2.74. The van der Waals surface area contributed by atoms with Gasteiger partial charge in [0.05, 0.1) is 24.7 Å². The van der Waals surface area contributed by atoms with E-state index in [9.17, 15) is 4.79 Å². The van der Waals surface area contributed by atoms with Crippen molar-refractivity contribution in [1.29, 1.82) is 0 Å². The van der Waals surface area contributed by atoms with Crippen LogP contribution in [-0.4, -0.2) is 22.6 Å². The zero-order valence-corrected chi connectivity index (χ0v) is 9.68. The second-order valence-corrected chi connectivity index (χ2v) is 3.73. The lowest BCUT2D eigenvalue weighted by atomic mass is 10.1. The van der Waals surface area contributed by atoms with Crippen LogP contribution in [0.2, 0.25) is 0 Å². The molecule has 5 heteroatoms. The number of imidazole rings is 1. The summed E-state index contributed by atoms with van der Waals surface area (Å²) in [6.45, 7) is 1.89. The van der Waals surface area contributed by atoms with E-state index in [1.807, 2.05) is 13.1 Å². The van der Waals surface area contributed by atoms with Crippen LogP contribution in [0.4, 0.5) is 5.69 Å². The van der Waals surface area contributed by atoms with Crippen LogP contribution in [0, 0.1) is 6.92 Å². The van der Waals surface area contributed by atoms with Gasteiger partial charge in [-0.3, -0.25) is 0 Å². The van der Waals surface area contributed by atoms with E-state index in [-0.39, 0.29) is 0 Å². The quantitative estimate of drug-likeness (QED) is 0.628. The van der Waals surface area contributed by atoms with Crippen LogP contribution in [0.5, 0.6) is 0 Å². The lowest BCUT2D eigenvalue weighted by Crippen LogP contribution is -2.04. The van der Waals surface area contributed by atoms with E-state index in [1.54, 1.807) is 29.1 Å². The van der Waals surface area contributed by atoms with E-state index in [2.05, 4.69) is 9.72 Å². The molecule has 1 aromatic carbocycles. The molecule has 0 unspecified atom stereocenters. The Morgan fingerprint density at radius 2 is 2.18 bits per heavy atom. The van der Waals surface area contributed by atoms with Crippen molar-refractivity contribution in [3.05, 3.63) is 42.0 Å². The van der Waals surface area contributed by atoms with Gasteiger partial charge < -0.3 is 15.0 Å². The molecule has 2 N–H and O–H groups in total. The van der Waals surface area contributed by atoms with Crippen molar-refractivity contribution in [2.24, 2.45) is 0 Å². The molecule has 0 fully saturated rings. The standard InChI is InChI=1S/C12H13N3O2/c1-8-6-15(7-14-8)11-4-9(12(16)17-2)3-10(13)5-11/h3-7H,13H2,1-2H3. The number of aryl methyl sites for hydroxylation is 1. The predicted molar refractivity (Wildman–Crippen MR) is 64.1 cm³/mol. The number of methoxy groups -OCH3 is 1. The van der Waals surface area contributed by atoms with Gasteiger partial charge in [0.25, 0.3) is 0 Å². The number of ether oxygens (including phenoxy) is 1. The van der Waals surface area contributed by atoms with Crippen LogP contribution in [0.15, 0.2) is 30.7 Å². The molecular formula is C12H13N3O2. The second-order valence-electron chi connectivity index (χ2n) is 3.73. The Balaban J connectivity index is 2.48. The monoisotopic (exact) mass is 231 g/mol. The highest BCUT2D eigenvalue weighted by molar-refractivity contribution is 5.91. The maximum atomic E-state index is 11.5. The zero-order valence-electron chi connectivity index (χ0n) is 9.68. The van der Waals surface area contributed by atoms with Gasteiger partial charge in [0.1, 0.15) is 0 Å². The molecule has 2 aromatic rings. The number of nitrogens with two attached hydrogens (primary N) is 1.